The molecule has 4 aromatic rings. The summed E-state index contributed by atoms with van der Waals surface area (Å²) in [4.78, 5) is 16.4. The molecule has 2 aromatic heterocycles. The first-order chi connectivity index (χ1) is 12.2. The van der Waals surface area contributed by atoms with Crippen LogP contribution in [0.15, 0.2) is 56.2 Å². The zero-order valence-electron chi connectivity index (χ0n) is 13.1. The van der Waals surface area contributed by atoms with Gasteiger partial charge in [-0.2, -0.15) is 4.98 Å². The molecular formula is C17H12ClN3O4. The molecule has 0 aliphatic carbocycles. The summed E-state index contributed by atoms with van der Waals surface area (Å²) in [5, 5.41) is 4.48. The van der Waals surface area contributed by atoms with Crippen LogP contribution in [0.3, 0.4) is 0 Å². The molecule has 0 fully saturated rings. The molecule has 0 bridgehead atoms. The Balaban J connectivity index is 1.70. The second-order valence-corrected chi connectivity index (χ2v) is 5.72. The van der Waals surface area contributed by atoms with Gasteiger partial charge in [-0.15, -0.1) is 0 Å². The van der Waals surface area contributed by atoms with Gasteiger partial charge < -0.3 is 13.7 Å². The highest BCUT2D eigenvalue weighted by Crippen LogP contribution is 2.31. The molecule has 0 spiro atoms. The van der Waals surface area contributed by atoms with Crippen molar-refractivity contribution < 1.29 is 13.7 Å². The number of nitrogens with zero attached hydrogens (tertiary/aromatic N) is 3. The summed E-state index contributed by atoms with van der Waals surface area (Å²) >= 11 is 5.96. The summed E-state index contributed by atoms with van der Waals surface area (Å²) < 4.78 is 17.2. The maximum Gasteiger partial charge on any atom is 0.420 e. The van der Waals surface area contributed by atoms with Gasteiger partial charge in [0.1, 0.15) is 5.75 Å². The van der Waals surface area contributed by atoms with Crippen molar-refractivity contribution in [3.8, 4) is 17.2 Å². The number of hydrogen-bond donors (Lipinski definition) is 0. The van der Waals surface area contributed by atoms with E-state index in [0.29, 0.717) is 33.3 Å². The molecule has 25 heavy (non-hydrogen) atoms. The average Bonchev–Trinajstić information content (AvgIpc) is 3.20. The van der Waals surface area contributed by atoms with Gasteiger partial charge in [0.15, 0.2) is 11.4 Å². The Labute approximate surface area is 146 Å². The largest absolute Gasteiger partial charge is 0.496 e. The molecule has 0 aliphatic heterocycles. The second kappa shape index (κ2) is 6.10. The molecule has 0 atom stereocenters. The SMILES string of the molecule is COc1cc(Cl)ccc1-c1nc(Cn2c(=O)oc3ccccc32)no1. The molecule has 0 N–H and O–H groups in total. The number of rotatable bonds is 4. The second-order valence-electron chi connectivity index (χ2n) is 5.28. The molecule has 0 radical (unpaired) electrons. The number of benzene rings is 2. The average molecular weight is 358 g/mol. The van der Waals surface area contributed by atoms with Crippen LogP contribution < -0.4 is 10.5 Å². The van der Waals surface area contributed by atoms with Crippen LogP contribution in [0.4, 0.5) is 0 Å². The molecule has 2 heterocycles. The van der Waals surface area contributed by atoms with Gasteiger partial charge in [-0.1, -0.05) is 28.9 Å². The molecule has 2 aromatic carbocycles. The van der Waals surface area contributed by atoms with Crippen molar-refractivity contribution in [2.45, 2.75) is 6.54 Å². The smallest absolute Gasteiger partial charge is 0.420 e. The minimum atomic E-state index is -0.475. The first kappa shape index (κ1) is 15.5. The summed E-state index contributed by atoms with van der Waals surface area (Å²) in [6.45, 7) is 0.134. The van der Waals surface area contributed by atoms with E-state index in [-0.39, 0.29) is 12.4 Å². The topological polar surface area (TPSA) is 83.3 Å². The van der Waals surface area contributed by atoms with Crippen LogP contribution in [0.25, 0.3) is 22.6 Å². The van der Waals surface area contributed by atoms with Crippen molar-refractivity contribution in [1.82, 2.24) is 14.7 Å². The summed E-state index contributed by atoms with van der Waals surface area (Å²) in [7, 11) is 1.53. The molecule has 4 rings (SSSR count). The van der Waals surface area contributed by atoms with E-state index in [2.05, 4.69) is 10.1 Å². The van der Waals surface area contributed by atoms with Crippen molar-refractivity contribution in [3.63, 3.8) is 0 Å². The highest BCUT2D eigenvalue weighted by molar-refractivity contribution is 6.30. The Morgan fingerprint density at radius 1 is 1.24 bits per heavy atom. The van der Waals surface area contributed by atoms with Crippen molar-refractivity contribution in [2.24, 2.45) is 0 Å². The van der Waals surface area contributed by atoms with E-state index < -0.39 is 5.76 Å². The van der Waals surface area contributed by atoms with Crippen molar-refractivity contribution in [1.29, 1.82) is 0 Å². The summed E-state index contributed by atoms with van der Waals surface area (Å²) in [5.74, 6) is 0.676. The van der Waals surface area contributed by atoms with E-state index in [1.807, 2.05) is 6.07 Å². The Morgan fingerprint density at radius 2 is 2.08 bits per heavy atom. The third kappa shape index (κ3) is 2.78. The van der Waals surface area contributed by atoms with Crippen molar-refractivity contribution in [2.75, 3.05) is 7.11 Å². The van der Waals surface area contributed by atoms with Gasteiger partial charge in [0.05, 0.1) is 24.7 Å². The number of hydrogen-bond acceptors (Lipinski definition) is 6. The van der Waals surface area contributed by atoms with E-state index in [1.54, 1.807) is 36.4 Å². The predicted molar refractivity (Wildman–Crippen MR) is 90.9 cm³/mol. The van der Waals surface area contributed by atoms with Crippen LogP contribution in [0.5, 0.6) is 5.75 Å². The quantitative estimate of drug-likeness (QED) is 0.557. The lowest BCUT2D eigenvalue weighted by molar-refractivity contribution is 0.401. The Hall–Kier alpha value is -3.06. The fraction of sp³-hybridized carbons (Fsp3) is 0.118. The molecule has 8 heteroatoms. The third-order valence-corrected chi connectivity index (χ3v) is 3.97. The molecule has 0 saturated heterocycles. The predicted octanol–water partition coefficient (Wildman–Crippen LogP) is 3.35. The lowest BCUT2D eigenvalue weighted by Gasteiger charge is -2.04. The van der Waals surface area contributed by atoms with Gasteiger partial charge in [-0.05, 0) is 30.3 Å². The summed E-state index contributed by atoms with van der Waals surface area (Å²) in [6, 6.07) is 12.3. The fourth-order valence-electron chi connectivity index (χ4n) is 2.57. The Kier molecular flexibility index (Phi) is 3.77. The van der Waals surface area contributed by atoms with Crippen LogP contribution in [0, 0.1) is 0 Å². The van der Waals surface area contributed by atoms with E-state index in [1.165, 1.54) is 11.7 Å². The number of methoxy groups -OCH3 is 1. The number of halogens is 1. The first-order valence-corrected chi connectivity index (χ1v) is 7.78. The standard InChI is InChI=1S/C17H12ClN3O4/c1-23-14-8-10(18)6-7-11(14)16-19-15(20-25-16)9-21-12-4-2-3-5-13(12)24-17(21)22/h2-8H,9H2,1H3. The molecule has 0 amide bonds. The third-order valence-electron chi connectivity index (χ3n) is 3.74. The van der Waals surface area contributed by atoms with Crippen molar-refractivity contribution in [3.05, 3.63) is 63.9 Å². The van der Waals surface area contributed by atoms with Gasteiger partial charge in [0.25, 0.3) is 5.89 Å². The molecule has 0 aliphatic rings. The number of aromatic nitrogens is 3. The lowest BCUT2D eigenvalue weighted by Crippen LogP contribution is -2.15. The van der Waals surface area contributed by atoms with Gasteiger partial charge in [0.2, 0.25) is 0 Å². The van der Waals surface area contributed by atoms with Gasteiger partial charge >= 0.3 is 5.76 Å². The van der Waals surface area contributed by atoms with E-state index in [0.717, 1.165) is 0 Å². The van der Waals surface area contributed by atoms with E-state index >= 15 is 0 Å². The molecule has 0 unspecified atom stereocenters. The van der Waals surface area contributed by atoms with Crippen LogP contribution in [-0.4, -0.2) is 21.8 Å². The maximum atomic E-state index is 12.0. The highest BCUT2D eigenvalue weighted by Gasteiger charge is 2.16. The fourth-order valence-corrected chi connectivity index (χ4v) is 2.74. The van der Waals surface area contributed by atoms with E-state index in [4.69, 9.17) is 25.3 Å². The summed E-state index contributed by atoms with van der Waals surface area (Å²) in [5.41, 5.74) is 1.80. The Morgan fingerprint density at radius 3 is 2.92 bits per heavy atom. The van der Waals surface area contributed by atoms with Gasteiger partial charge in [-0.25, -0.2) is 4.79 Å². The lowest BCUT2D eigenvalue weighted by atomic mass is 10.2. The molecule has 0 saturated carbocycles. The van der Waals surface area contributed by atoms with Gasteiger partial charge in [0, 0.05) is 5.02 Å². The zero-order valence-corrected chi connectivity index (χ0v) is 13.9. The van der Waals surface area contributed by atoms with Crippen molar-refractivity contribution >= 4 is 22.7 Å². The number of fused-ring (bicyclic) bond motifs is 1. The van der Waals surface area contributed by atoms with Crippen LogP contribution >= 0.6 is 11.6 Å². The summed E-state index contributed by atoms with van der Waals surface area (Å²) in [6.07, 6.45) is 0. The number of oxazole rings is 1. The molecule has 126 valence electrons. The minimum absolute atomic E-state index is 0.134. The Bertz CT molecular complexity index is 1110. The van der Waals surface area contributed by atoms with Crippen LogP contribution in [-0.2, 0) is 6.54 Å². The normalized spacial score (nSPS) is 11.1. The zero-order chi connectivity index (χ0) is 17.4. The van der Waals surface area contributed by atoms with Crippen LogP contribution in [0.2, 0.25) is 5.02 Å². The monoisotopic (exact) mass is 357 g/mol. The molecular weight excluding hydrogens is 346 g/mol. The van der Waals surface area contributed by atoms with Crippen LogP contribution in [0.1, 0.15) is 5.82 Å². The number of para-hydroxylation sites is 2. The van der Waals surface area contributed by atoms with E-state index in [9.17, 15) is 4.79 Å². The maximum absolute atomic E-state index is 12.0. The first-order valence-electron chi connectivity index (χ1n) is 7.40. The van der Waals surface area contributed by atoms with Gasteiger partial charge in [-0.3, -0.25) is 4.57 Å². The highest BCUT2D eigenvalue weighted by atomic mass is 35.5. The number of ether oxygens (including phenoxy) is 1. The molecule has 7 nitrogen and oxygen atoms in total. The minimum Gasteiger partial charge on any atom is -0.496 e.